The van der Waals surface area contributed by atoms with Crippen LogP contribution in [0.1, 0.15) is 10.4 Å². The molecular weight excluding hydrogens is 296 g/mol. The summed E-state index contributed by atoms with van der Waals surface area (Å²) in [6.07, 6.45) is 0. The van der Waals surface area contributed by atoms with Gasteiger partial charge >= 0.3 is 0 Å². The fourth-order valence-corrected chi connectivity index (χ4v) is 2.85. The Morgan fingerprint density at radius 1 is 1.09 bits per heavy atom. The topological polar surface area (TPSA) is 25.2 Å². The first-order valence-electron chi connectivity index (χ1n) is 7.04. The molecule has 0 saturated carbocycles. The second-order valence-electron chi connectivity index (χ2n) is 5.57. The van der Waals surface area contributed by atoms with E-state index in [1.807, 2.05) is 49.5 Å². The monoisotopic (exact) mass is 312 g/mol. The summed E-state index contributed by atoms with van der Waals surface area (Å²) in [6, 6.07) is 15.6. The first-order valence-corrected chi connectivity index (χ1v) is 7.42. The van der Waals surface area contributed by atoms with Gasteiger partial charge in [-0.05, 0) is 42.0 Å². The predicted octanol–water partition coefficient (Wildman–Crippen LogP) is 4.20. The minimum absolute atomic E-state index is 0.00339. The van der Waals surface area contributed by atoms with Crippen molar-refractivity contribution in [3.63, 3.8) is 0 Å². The highest BCUT2D eigenvalue weighted by molar-refractivity contribution is 6.31. The van der Waals surface area contributed by atoms with Gasteiger partial charge < -0.3 is 9.47 Å². The molecule has 0 N–H and O–H groups in total. The van der Waals surface area contributed by atoms with E-state index >= 15 is 0 Å². The molecule has 3 aromatic rings. The maximum atomic E-state index is 12.1. The number of amides is 1. The number of benzene rings is 2. The molecular formula is C18H17ClN2O. The predicted molar refractivity (Wildman–Crippen MR) is 91.4 cm³/mol. The van der Waals surface area contributed by atoms with E-state index in [1.54, 1.807) is 19.0 Å². The van der Waals surface area contributed by atoms with E-state index in [1.165, 1.54) is 0 Å². The Morgan fingerprint density at radius 2 is 1.86 bits per heavy atom. The van der Waals surface area contributed by atoms with E-state index in [2.05, 4.69) is 10.6 Å². The van der Waals surface area contributed by atoms with Crippen molar-refractivity contribution < 1.29 is 4.79 Å². The summed E-state index contributed by atoms with van der Waals surface area (Å²) in [5.74, 6) is 0.00339. The Labute approximate surface area is 134 Å². The molecule has 1 amide bonds. The van der Waals surface area contributed by atoms with Crippen molar-refractivity contribution in [3.05, 3.63) is 59.1 Å². The van der Waals surface area contributed by atoms with E-state index in [-0.39, 0.29) is 5.91 Å². The maximum absolute atomic E-state index is 12.1. The van der Waals surface area contributed by atoms with Gasteiger partial charge in [0.1, 0.15) is 0 Å². The SMILES string of the molecule is CN(C)C(=O)c1cccc(-c2cc3cc(Cl)ccc3n2C)c1. The average molecular weight is 313 g/mol. The number of carbonyl (C=O) groups excluding carboxylic acids is 1. The number of hydrogen-bond acceptors (Lipinski definition) is 1. The highest BCUT2D eigenvalue weighted by Gasteiger charge is 2.12. The molecule has 3 rings (SSSR count). The number of nitrogens with zero attached hydrogens (tertiary/aromatic N) is 2. The van der Waals surface area contributed by atoms with Crippen LogP contribution in [0.3, 0.4) is 0 Å². The summed E-state index contributed by atoms with van der Waals surface area (Å²) >= 11 is 6.07. The standard InChI is InChI=1S/C18H17ClN2O/c1-20(2)18(22)13-6-4-5-12(9-13)17-11-14-10-15(19)7-8-16(14)21(17)3/h4-11H,1-3H3. The molecule has 22 heavy (non-hydrogen) atoms. The van der Waals surface area contributed by atoms with Gasteiger partial charge in [0.05, 0.1) is 0 Å². The lowest BCUT2D eigenvalue weighted by molar-refractivity contribution is 0.0827. The number of halogens is 1. The Kier molecular flexibility index (Phi) is 3.67. The van der Waals surface area contributed by atoms with Crippen molar-refractivity contribution in [3.8, 4) is 11.3 Å². The van der Waals surface area contributed by atoms with Crippen LogP contribution in [0.15, 0.2) is 48.5 Å². The molecule has 0 unspecified atom stereocenters. The summed E-state index contributed by atoms with van der Waals surface area (Å²) in [5.41, 5.74) is 3.88. The van der Waals surface area contributed by atoms with Crippen LogP contribution in [0.5, 0.6) is 0 Å². The number of hydrogen-bond donors (Lipinski definition) is 0. The first kappa shape index (κ1) is 14.7. The van der Waals surface area contributed by atoms with Crippen LogP contribution in [0.4, 0.5) is 0 Å². The van der Waals surface area contributed by atoms with Crippen LogP contribution in [-0.4, -0.2) is 29.5 Å². The number of aromatic nitrogens is 1. The maximum Gasteiger partial charge on any atom is 0.253 e. The summed E-state index contributed by atoms with van der Waals surface area (Å²) < 4.78 is 2.12. The molecule has 0 fully saturated rings. The number of aryl methyl sites for hydroxylation is 1. The molecule has 1 aromatic heterocycles. The fourth-order valence-electron chi connectivity index (χ4n) is 2.67. The number of fused-ring (bicyclic) bond motifs is 1. The fraction of sp³-hybridized carbons (Fsp3) is 0.167. The van der Waals surface area contributed by atoms with Gasteiger partial charge in [-0.25, -0.2) is 0 Å². The van der Waals surface area contributed by atoms with Gasteiger partial charge in [-0.3, -0.25) is 4.79 Å². The van der Waals surface area contributed by atoms with Crippen molar-refractivity contribution in [2.45, 2.75) is 0 Å². The van der Waals surface area contributed by atoms with Crippen LogP contribution >= 0.6 is 11.6 Å². The Hall–Kier alpha value is -2.26. The smallest absolute Gasteiger partial charge is 0.253 e. The molecule has 1 heterocycles. The molecule has 0 spiro atoms. The molecule has 0 aliphatic carbocycles. The lowest BCUT2D eigenvalue weighted by Gasteiger charge is -2.11. The van der Waals surface area contributed by atoms with Crippen molar-refractivity contribution in [2.24, 2.45) is 7.05 Å². The number of rotatable bonds is 2. The van der Waals surface area contributed by atoms with Crippen LogP contribution < -0.4 is 0 Å². The second kappa shape index (κ2) is 5.50. The summed E-state index contributed by atoms with van der Waals surface area (Å²) in [6.45, 7) is 0. The molecule has 0 saturated heterocycles. The third kappa shape index (κ3) is 2.48. The van der Waals surface area contributed by atoms with Gasteiger partial charge in [0.15, 0.2) is 0 Å². The van der Waals surface area contributed by atoms with Gasteiger partial charge in [-0.15, -0.1) is 0 Å². The lowest BCUT2D eigenvalue weighted by atomic mass is 10.1. The lowest BCUT2D eigenvalue weighted by Crippen LogP contribution is -2.21. The molecule has 0 aliphatic heterocycles. The van der Waals surface area contributed by atoms with E-state index in [0.717, 1.165) is 27.2 Å². The van der Waals surface area contributed by atoms with Gasteiger partial charge in [0.2, 0.25) is 0 Å². The molecule has 0 aliphatic rings. The Bertz CT molecular complexity index is 865. The zero-order valence-electron chi connectivity index (χ0n) is 12.8. The van der Waals surface area contributed by atoms with Crippen molar-refractivity contribution in [2.75, 3.05) is 14.1 Å². The summed E-state index contributed by atoms with van der Waals surface area (Å²) in [4.78, 5) is 13.7. The van der Waals surface area contributed by atoms with Crippen molar-refractivity contribution in [1.29, 1.82) is 0 Å². The summed E-state index contributed by atoms with van der Waals surface area (Å²) in [7, 11) is 5.54. The van der Waals surface area contributed by atoms with Crippen LogP contribution in [0.25, 0.3) is 22.2 Å². The zero-order chi connectivity index (χ0) is 15.9. The summed E-state index contributed by atoms with van der Waals surface area (Å²) in [5, 5.41) is 1.82. The first-order chi connectivity index (χ1) is 10.5. The average Bonchev–Trinajstić information content (AvgIpc) is 2.83. The normalized spacial score (nSPS) is 10.9. The van der Waals surface area contributed by atoms with Gasteiger partial charge in [-0.2, -0.15) is 0 Å². The molecule has 112 valence electrons. The van der Waals surface area contributed by atoms with E-state index in [9.17, 15) is 4.79 Å². The molecule has 0 atom stereocenters. The van der Waals surface area contributed by atoms with E-state index in [4.69, 9.17) is 11.6 Å². The van der Waals surface area contributed by atoms with Crippen molar-refractivity contribution >= 4 is 28.4 Å². The minimum atomic E-state index is 0.00339. The van der Waals surface area contributed by atoms with Gasteiger partial charge in [-0.1, -0.05) is 23.7 Å². The molecule has 2 aromatic carbocycles. The second-order valence-corrected chi connectivity index (χ2v) is 6.01. The highest BCUT2D eigenvalue weighted by atomic mass is 35.5. The zero-order valence-corrected chi connectivity index (χ0v) is 13.6. The largest absolute Gasteiger partial charge is 0.345 e. The Morgan fingerprint density at radius 3 is 2.59 bits per heavy atom. The van der Waals surface area contributed by atoms with Crippen LogP contribution in [0, 0.1) is 0 Å². The molecule has 4 heteroatoms. The minimum Gasteiger partial charge on any atom is -0.345 e. The third-order valence-electron chi connectivity index (χ3n) is 3.82. The van der Waals surface area contributed by atoms with Crippen LogP contribution in [0.2, 0.25) is 5.02 Å². The van der Waals surface area contributed by atoms with Gasteiger partial charge in [0.25, 0.3) is 5.91 Å². The van der Waals surface area contributed by atoms with E-state index in [0.29, 0.717) is 5.56 Å². The third-order valence-corrected chi connectivity index (χ3v) is 4.05. The quantitative estimate of drug-likeness (QED) is 0.696. The highest BCUT2D eigenvalue weighted by Crippen LogP contribution is 2.29. The molecule has 0 bridgehead atoms. The van der Waals surface area contributed by atoms with Gasteiger partial charge in [0, 0.05) is 48.3 Å². The van der Waals surface area contributed by atoms with E-state index < -0.39 is 0 Å². The molecule has 3 nitrogen and oxygen atoms in total. The molecule has 0 radical (unpaired) electrons. The van der Waals surface area contributed by atoms with Crippen molar-refractivity contribution in [1.82, 2.24) is 9.47 Å². The Balaban J connectivity index is 2.13. The van der Waals surface area contributed by atoms with Crippen LogP contribution in [-0.2, 0) is 7.05 Å². The number of carbonyl (C=O) groups is 1.